The Morgan fingerprint density at radius 1 is 1.50 bits per heavy atom. The topological polar surface area (TPSA) is 64.9 Å². The number of carbonyl (C=O) groups is 1. The van der Waals surface area contributed by atoms with E-state index in [4.69, 9.17) is 5.26 Å². The highest BCUT2D eigenvalue weighted by atomic mass is 16.1. The summed E-state index contributed by atoms with van der Waals surface area (Å²) >= 11 is 0. The lowest BCUT2D eigenvalue weighted by molar-refractivity contribution is -0.119. The van der Waals surface area contributed by atoms with Gasteiger partial charge in [0.05, 0.1) is 11.6 Å². The van der Waals surface area contributed by atoms with E-state index in [9.17, 15) is 4.79 Å². The zero-order valence-corrected chi connectivity index (χ0v) is 10.4. The standard InChI is InChI=1S/C14H17N3O/c1-10(18)17-14-7-13(16-9-14)6-11-2-4-12(8-15)5-3-11/h2-5,13-14,16H,6-7,9H2,1H3,(H,17,18)/t13-,14-/m0/s1. The Hall–Kier alpha value is -1.86. The molecule has 2 atom stereocenters. The summed E-state index contributed by atoms with van der Waals surface area (Å²) in [6, 6.07) is 10.4. The van der Waals surface area contributed by atoms with E-state index in [0.717, 1.165) is 19.4 Å². The summed E-state index contributed by atoms with van der Waals surface area (Å²) in [6.45, 7) is 2.38. The van der Waals surface area contributed by atoms with Crippen LogP contribution in [0, 0.1) is 11.3 Å². The lowest BCUT2D eigenvalue weighted by Crippen LogP contribution is -2.34. The number of nitriles is 1. The van der Waals surface area contributed by atoms with Gasteiger partial charge in [-0.3, -0.25) is 4.79 Å². The van der Waals surface area contributed by atoms with Gasteiger partial charge in [0.25, 0.3) is 0 Å². The maximum absolute atomic E-state index is 11.0. The molecule has 1 aromatic carbocycles. The zero-order valence-electron chi connectivity index (χ0n) is 10.4. The molecule has 0 spiro atoms. The minimum Gasteiger partial charge on any atom is -0.352 e. The van der Waals surface area contributed by atoms with E-state index in [-0.39, 0.29) is 11.9 Å². The van der Waals surface area contributed by atoms with Crippen molar-refractivity contribution in [3.8, 4) is 6.07 Å². The van der Waals surface area contributed by atoms with Crippen LogP contribution in [0.3, 0.4) is 0 Å². The van der Waals surface area contributed by atoms with Crippen molar-refractivity contribution >= 4 is 5.91 Å². The van der Waals surface area contributed by atoms with Crippen LogP contribution >= 0.6 is 0 Å². The summed E-state index contributed by atoms with van der Waals surface area (Å²) in [5, 5.41) is 15.1. The Kier molecular flexibility index (Phi) is 3.96. The summed E-state index contributed by atoms with van der Waals surface area (Å²) < 4.78 is 0. The number of carbonyl (C=O) groups excluding carboxylic acids is 1. The fraction of sp³-hybridized carbons (Fsp3) is 0.429. The molecule has 0 saturated carbocycles. The van der Waals surface area contributed by atoms with Crippen molar-refractivity contribution in [1.82, 2.24) is 10.6 Å². The number of rotatable bonds is 3. The second kappa shape index (κ2) is 5.65. The van der Waals surface area contributed by atoms with Crippen LogP contribution in [-0.2, 0) is 11.2 Å². The number of nitrogens with zero attached hydrogens (tertiary/aromatic N) is 1. The van der Waals surface area contributed by atoms with Gasteiger partial charge in [-0.15, -0.1) is 0 Å². The largest absolute Gasteiger partial charge is 0.352 e. The van der Waals surface area contributed by atoms with Gasteiger partial charge < -0.3 is 10.6 Å². The molecule has 1 aromatic rings. The third kappa shape index (κ3) is 3.31. The SMILES string of the molecule is CC(=O)N[C@@H]1CN[C@@H](Cc2ccc(C#N)cc2)C1. The molecular weight excluding hydrogens is 226 g/mol. The summed E-state index contributed by atoms with van der Waals surface area (Å²) in [4.78, 5) is 11.0. The Morgan fingerprint density at radius 2 is 2.22 bits per heavy atom. The van der Waals surface area contributed by atoms with E-state index in [0.29, 0.717) is 11.6 Å². The van der Waals surface area contributed by atoms with Gasteiger partial charge in [-0.05, 0) is 30.5 Å². The molecule has 1 aliphatic rings. The molecule has 0 radical (unpaired) electrons. The van der Waals surface area contributed by atoms with Crippen molar-refractivity contribution in [1.29, 1.82) is 5.26 Å². The molecule has 0 aliphatic carbocycles. The van der Waals surface area contributed by atoms with Crippen molar-refractivity contribution in [3.63, 3.8) is 0 Å². The Balaban J connectivity index is 1.87. The molecule has 94 valence electrons. The first kappa shape index (κ1) is 12.6. The molecule has 1 heterocycles. The quantitative estimate of drug-likeness (QED) is 0.831. The lowest BCUT2D eigenvalue weighted by atomic mass is 10.0. The van der Waals surface area contributed by atoms with Crippen molar-refractivity contribution in [2.24, 2.45) is 0 Å². The lowest BCUT2D eigenvalue weighted by Gasteiger charge is -2.11. The van der Waals surface area contributed by atoms with Crippen LogP contribution in [0.15, 0.2) is 24.3 Å². The molecule has 1 saturated heterocycles. The monoisotopic (exact) mass is 243 g/mol. The van der Waals surface area contributed by atoms with E-state index in [1.54, 1.807) is 6.92 Å². The van der Waals surface area contributed by atoms with Crippen LogP contribution in [0.1, 0.15) is 24.5 Å². The maximum atomic E-state index is 11.0. The number of nitrogens with one attached hydrogen (secondary N) is 2. The molecule has 4 nitrogen and oxygen atoms in total. The third-order valence-corrected chi connectivity index (χ3v) is 3.19. The van der Waals surface area contributed by atoms with Gasteiger partial charge in [-0.25, -0.2) is 0 Å². The van der Waals surface area contributed by atoms with Crippen LogP contribution in [0.2, 0.25) is 0 Å². The Labute approximate surface area is 107 Å². The fourth-order valence-corrected chi connectivity index (χ4v) is 2.37. The summed E-state index contributed by atoms with van der Waals surface area (Å²) in [5.74, 6) is 0.0285. The van der Waals surface area contributed by atoms with Crippen LogP contribution in [0.5, 0.6) is 0 Å². The van der Waals surface area contributed by atoms with Gasteiger partial charge >= 0.3 is 0 Å². The summed E-state index contributed by atoms with van der Waals surface area (Å²) in [7, 11) is 0. The van der Waals surface area contributed by atoms with Gasteiger partial charge in [-0.2, -0.15) is 5.26 Å². The average molecular weight is 243 g/mol. The summed E-state index contributed by atoms with van der Waals surface area (Å²) in [5.41, 5.74) is 1.91. The highest BCUT2D eigenvalue weighted by Gasteiger charge is 2.24. The first-order valence-corrected chi connectivity index (χ1v) is 6.17. The van der Waals surface area contributed by atoms with E-state index >= 15 is 0 Å². The maximum Gasteiger partial charge on any atom is 0.217 e. The number of hydrogen-bond donors (Lipinski definition) is 2. The molecule has 18 heavy (non-hydrogen) atoms. The molecule has 2 N–H and O–H groups in total. The number of hydrogen-bond acceptors (Lipinski definition) is 3. The molecule has 1 aliphatic heterocycles. The van der Waals surface area contributed by atoms with Crippen LogP contribution < -0.4 is 10.6 Å². The predicted octanol–water partition coefficient (Wildman–Crippen LogP) is 0.967. The molecule has 1 amide bonds. The van der Waals surface area contributed by atoms with Crippen LogP contribution in [0.25, 0.3) is 0 Å². The highest BCUT2D eigenvalue weighted by molar-refractivity contribution is 5.73. The number of amides is 1. The highest BCUT2D eigenvalue weighted by Crippen LogP contribution is 2.13. The number of benzene rings is 1. The Bertz CT molecular complexity index is 461. The predicted molar refractivity (Wildman–Crippen MR) is 68.9 cm³/mol. The van der Waals surface area contributed by atoms with E-state index < -0.39 is 0 Å². The Morgan fingerprint density at radius 3 is 2.83 bits per heavy atom. The van der Waals surface area contributed by atoms with E-state index in [1.807, 2.05) is 24.3 Å². The first-order valence-electron chi connectivity index (χ1n) is 6.17. The molecule has 0 unspecified atom stereocenters. The molecule has 2 rings (SSSR count). The average Bonchev–Trinajstić information content (AvgIpc) is 2.76. The van der Waals surface area contributed by atoms with Crippen molar-refractivity contribution in [2.75, 3.05) is 6.54 Å². The second-order valence-electron chi connectivity index (χ2n) is 4.75. The minimum atomic E-state index is 0.0285. The zero-order chi connectivity index (χ0) is 13.0. The van der Waals surface area contributed by atoms with E-state index in [1.165, 1.54) is 5.56 Å². The smallest absolute Gasteiger partial charge is 0.217 e. The van der Waals surface area contributed by atoms with Crippen molar-refractivity contribution in [3.05, 3.63) is 35.4 Å². The van der Waals surface area contributed by atoms with Crippen molar-refractivity contribution in [2.45, 2.75) is 31.8 Å². The van der Waals surface area contributed by atoms with Crippen molar-refractivity contribution < 1.29 is 4.79 Å². The second-order valence-corrected chi connectivity index (χ2v) is 4.75. The molecule has 1 fully saturated rings. The van der Waals surface area contributed by atoms with Gasteiger partial charge in [0, 0.05) is 25.6 Å². The molecule has 0 aromatic heterocycles. The van der Waals surface area contributed by atoms with Crippen LogP contribution in [-0.4, -0.2) is 24.5 Å². The van der Waals surface area contributed by atoms with Gasteiger partial charge in [0.15, 0.2) is 0 Å². The van der Waals surface area contributed by atoms with E-state index in [2.05, 4.69) is 16.7 Å². The van der Waals surface area contributed by atoms with Crippen LogP contribution in [0.4, 0.5) is 0 Å². The molecule has 4 heteroatoms. The molecule has 0 bridgehead atoms. The van der Waals surface area contributed by atoms with Gasteiger partial charge in [-0.1, -0.05) is 12.1 Å². The molecular formula is C14H17N3O. The minimum absolute atomic E-state index is 0.0285. The van der Waals surface area contributed by atoms with Gasteiger partial charge in [0.2, 0.25) is 5.91 Å². The first-order chi connectivity index (χ1) is 8.67. The summed E-state index contributed by atoms with van der Waals surface area (Å²) in [6.07, 6.45) is 1.89. The normalized spacial score (nSPS) is 22.4. The van der Waals surface area contributed by atoms with Gasteiger partial charge in [0.1, 0.15) is 0 Å². The fourth-order valence-electron chi connectivity index (χ4n) is 2.37. The third-order valence-electron chi connectivity index (χ3n) is 3.19.